The Hall–Kier alpha value is -3.08. The molecule has 9 nitrogen and oxygen atoms in total. The number of carboxylic acids is 1. The number of aliphatic carboxylic acids is 1. The van der Waals surface area contributed by atoms with Gasteiger partial charge >= 0.3 is 5.97 Å². The number of anilines is 1. The number of allylic oxidation sites excluding steroid dienone is 1. The second kappa shape index (κ2) is 13.9. The van der Waals surface area contributed by atoms with Crippen LogP contribution in [0.3, 0.4) is 0 Å². The Bertz CT molecular complexity index is 1510. The number of fused-ring (bicyclic) bond motifs is 3. The van der Waals surface area contributed by atoms with Crippen LogP contribution in [-0.2, 0) is 37.4 Å². The molecule has 5 rings (SSSR count). The lowest BCUT2D eigenvalue weighted by molar-refractivity contribution is -0.141. The van der Waals surface area contributed by atoms with Gasteiger partial charge in [-0.3, -0.25) is 9.59 Å². The Morgan fingerprint density at radius 3 is 2.70 bits per heavy atom. The molecular formula is C33H41ClN2O7S. The third-order valence-electron chi connectivity index (χ3n) is 9.37. The van der Waals surface area contributed by atoms with Crippen molar-refractivity contribution in [2.24, 2.45) is 23.7 Å². The van der Waals surface area contributed by atoms with Crippen molar-refractivity contribution in [3.05, 3.63) is 64.7 Å². The van der Waals surface area contributed by atoms with Gasteiger partial charge in [0.15, 0.2) is 0 Å². The van der Waals surface area contributed by atoms with Gasteiger partial charge in [-0.1, -0.05) is 36.7 Å². The summed E-state index contributed by atoms with van der Waals surface area (Å²) in [6, 6.07) is 10.5. The van der Waals surface area contributed by atoms with Crippen LogP contribution in [0, 0.1) is 23.7 Å². The summed E-state index contributed by atoms with van der Waals surface area (Å²) in [4.78, 5) is 27.1. The highest BCUT2D eigenvalue weighted by molar-refractivity contribution is 7.90. The van der Waals surface area contributed by atoms with E-state index in [-0.39, 0.29) is 16.9 Å². The minimum absolute atomic E-state index is 0.0751. The van der Waals surface area contributed by atoms with Gasteiger partial charge in [0.2, 0.25) is 5.91 Å². The zero-order valence-corrected chi connectivity index (χ0v) is 26.8. The zero-order valence-electron chi connectivity index (χ0n) is 25.2. The number of carboxylic acid groups (broad SMARTS) is 1. The van der Waals surface area contributed by atoms with Gasteiger partial charge in [0.25, 0.3) is 10.0 Å². The molecule has 0 aromatic heterocycles. The monoisotopic (exact) mass is 644 g/mol. The first-order valence-electron chi connectivity index (χ1n) is 15.3. The Labute approximate surface area is 264 Å². The summed E-state index contributed by atoms with van der Waals surface area (Å²) in [5.74, 6) is -2.29. The number of hydrogen-bond acceptors (Lipinski definition) is 7. The number of methoxy groups -OCH3 is 1. The van der Waals surface area contributed by atoms with Crippen LogP contribution in [0.25, 0.3) is 0 Å². The molecule has 2 bridgehead atoms. The lowest BCUT2D eigenvalue weighted by Gasteiger charge is -2.43. The first-order chi connectivity index (χ1) is 21.1. The second-order valence-electron chi connectivity index (χ2n) is 12.3. The van der Waals surface area contributed by atoms with Crippen molar-refractivity contribution in [1.29, 1.82) is 0 Å². The van der Waals surface area contributed by atoms with E-state index in [2.05, 4.69) is 9.62 Å². The van der Waals surface area contributed by atoms with Gasteiger partial charge < -0.3 is 19.5 Å². The number of carbonyl (C=O) groups excluding carboxylic acids is 1. The largest absolute Gasteiger partial charge is 0.487 e. The van der Waals surface area contributed by atoms with E-state index in [1.54, 1.807) is 26.2 Å². The van der Waals surface area contributed by atoms with Crippen LogP contribution in [-0.4, -0.2) is 51.7 Å². The molecule has 0 unspecified atom stereocenters. The number of sulfonamides is 1. The molecule has 2 aromatic carbocycles. The molecule has 2 N–H and O–H groups in total. The highest BCUT2D eigenvalue weighted by Gasteiger charge is 2.38. The van der Waals surface area contributed by atoms with Crippen molar-refractivity contribution in [2.75, 3.05) is 25.1 Å². The first-order valence-corrected chi connectivity index (χ1v) is 17.2. The van der Waals surface area contributed by atoms with Gasteiger partial charge in [-0.2, -0.15) is 0 Å². The molecule has 11 heteroatoms. The molecule has 0 saturated heterocycles. The number of aryl methyl sites for hydroxylation is 1. The maximum atomic E-state index is 13.6. The Balaban J connectivity index is 1.57. The molecular weight excluding hydrogens is 604 g/mol. The van der Waals surface area contributed by atoms with E-state index in [1.165, 1.54) is 6.07 Å². The van der Waals surface area contributed by atoms with Gasteiger partial charge in [0.1, 0.15) is 12.4 Å². The molecule has 1 fully saturated rings. The third kappa shape index (κ3) is 7.41. The minimum Gasteiger partial charge on any atom is -0.487 e. The van der Waals surface area contributed by atoms with Crippen LogP contribution in [0.15, 0.2) is 53.4 Å². The highest BCUT2D eigenvalue weighted by Crippen LogP contribution is 2.42. The van der Waals surface area contributed by atoms with E-state index >= 15 is 0 Å². The summed E-state index contributed by atoms with van der Waals surface area (Å²) < 4.78 is 41.6. The smallest absolute Gasteiger partial charge is 0.304 e. The molecule has 2 aliphatic heterocycles. The zero-order chi connectivity index (χ0) is 31.4. The summed E-state index contributed by atoms with van der Waals surface area (Å²) >= 11 is 6.31. The normalized spacial score (nSPS) is 28.1. The topological polar surface area (TPSA) is 122 Å². The lowest BCUT2D eigenvalue weighted by Crippen LogP contribution is -2.44. The van der Waals surface area contributed by atoms with Crippen molar-refractivity contribution < 1.29 is 32.6 Å². The number of halogens is 1. The number of rotatable bonds is 3. The number of hydrogen-bond donors (Lipinski definition) is 2. The van der Waals surface area contributed by atoms with Crippen molar-refractivity contribution in [3.63, 3.8) is 0 Å². The van der Waals surface area contributed by atoms with Gasteiger partial charge in [-0.05, 0) is 97.7 Å². The molecule has 1 saturated carbocycles. The number of nitrogens with one attached hydrogen (secondary N) is 1. The van der Waals surface area contributed by atoms with Gasteiger partial charge in [0, 0.05) is 25.2 Å². The molecule has 1 aliphatic carbocycles. The third-order valence-corrected chi connectivity index (χ3v) is 10.9. The quantitative estimate of drug-likeness (QED) is 0.415. The molecule has 0 radical (unpaired) electrons. The van der Waals surface area contributed by atoms with E-state index in [0.29, 0.717) is 48.5 Å². The SMILES string of the molecule is CO[C@@H]1/C=C/C[C@H](C)[C@@H](CC(=O)O)C(=O)NS(=O)(=O)c2ccc3c(c2)N(CCCCc2cc(Cl)ccc2CO3)C[C@@H]2CC[C@H]21. The Kier molecular flexibility index (Phi) is 10.2. The summed E-state index contributed by atoms with van der Waals surface area (Å²) in [7, 11) is -2.60. The van der Waals surface area contributed by atoms with E-state index in [0.717, 1.165) is 43.2 Å². The maximum absolute atomic E-state index is 13.6. The molecule has 238 valence electrons. The first kappa shape index (κ1) is 32.3. The molecule has 2 heterocycles. The van der Waals surface area contributed by atoms with Crippen LogP contribution >= 0.6 is 11.6 Å². The Morgan fingerprint density at radius 2 is 1.98 bits per heavy atom. The summed E-state index contributed by atoms with van der Waals surface area (Å²) in [6.45, 7) is 3.47. The number of benzene rings is 2. The maximum Gasteiger partial charge on any atom is 0.304 e. The molecule has 0 spiro atoms. The number of amides is 1. The molecule has 1 amide bonds. The van der Waals surface area contributed by atoms with Gasteiger partial charge in [-0.15, -0.1) is 0 Å². The van der Waals surface area contributed by atoms with E-state index in [9.17, 15) is 23.1 Å². The van der Waals surface area contributed by atoms with Crippen LogP contribution < -0.4 is 14.4 Å². The van der Waals surface area contributed by atoms with Gasteiger partial charge in [-0.25, -0.2) is 13.1 Å². The molecule has 3 aliphatic rings. The Morgan fingerprint density at radius 1 is 1.16 bits per heavy atom. The molecule has 5 atom stereocenters. The van der Waals surface area contributed by atoms with Crippen molar-refractivity contribution >= 4 is 39.2 Å². The molecule has 44 heavy (non-hydrogen) atoms. The van der Waals surface area contributed by atoms with Crippen LogP contribution in [0.1, 0.15) is 56.6 Å². The van der Waals surface area contributed by atoms with Crippen LogP contribution in [0.5, 0.6) is 5.75 Å². The standard InChI is InChI=1S/C33H41ClN2O7S/c1-21-6-5-8-30(42-2)27-13-10-23(27)19-36-15-4-3-7-22-16-25(34)11-9-24(22)20-43-31-14-12-26(17-29(31)36)44(40,41)35-33(39)28(21)18-32(37)38/h5,8-9,11-12,14,16-17,21,23,27-28,30H,3-4,6-7,10,13,15,18-20H2,1-2H3,(H,35,39)(H,37,38)/b8-5+/t21-,23-,27+,28+,30+/m0/s1. The van der Waals surface area contributed by atoms with E-state index in [4.69, 9.17) is 21.1 Å². The lowest BCUT2D eigenvalue weighted by atomic mass is 9.70. The second-order valence-corrected chi connectivity index (χ2v) is 14.4. The average molecular weight is 645 g/mol. The number of ether oxygens (including phenoxy) is 2. The summed E-state index contributed by atoms with van der Waals surface area (Å²) in [6.07, 6.45) is 8.45. The summed E-state index contributed by atoms with van der Waals surface area (Å²) in [5, 5.41) is 10.2. The van der Waals surface area contributed by atoms with E-state index in [1.807, 2.05) is 30.4 Å². The predicted molar refractivity (Wildman–Crippen MR) is 168 cm³/mol. The summed E-state index contributed by atoms with van der Waals surface area (Å²) in [5.41, 5.74) is 2.81. The van der Waals surface area contributed by atoms with Crippen molar-refractivity contribution in [1.82, 2.24) is 4.72 Å². The fourth-order valence-corrected chi connectivity index (χ4v) is 7.86. The van der Waals surface area contributed by atoms with Gasteiger partial charge in [0.05, 0.1) is 29.0 Å². The van der Waals surface area contributed by atoms with Crippen molar-refractivity contribution in [2.45, 2.75) is 69.5 Å². The van der Waals surface area contributed by atoms with Crippen LogP contribution in [0.2, 0.25) is 5.02 Å². The number of carbonyl (C=O) groups is 2. The number of nitrogens with zero attached hydrogens (tertiary/aromatic N) is 1. The molecule has 2 aromatic rings. The predicted octanol–water partition coefficient (Wildman–Crippen LogP) is 5.59. The fraction of sp³-hybridized carbons (Fsp3) is 0.515. The average Bonchev–Trinajstić information content (AvgIpc) is 2.99. The van der Waals surface area contributed by atoms with E-state index < -0.39 is 40.2 Å². The fourth-order valence-electron chi connectivity index (χ4n) is 6.62. The minimum atomic E-state index is -4.30. The van der Waals surface area contributed by atoms with Crippen molar-refractivity contribution in [3.8, 4) is 5.75 Å². The highest BCUT2D eigenvalue weighted by atomic mass is 35.5. The van der Waals surface area contributed by atoms with Crippen LogP contribution in [0.4, 0.5) is 5.69 Å².